The SMILES string of the molecule is Cc1ccc(C(=O)NC2(c3ccc(-c4ncc(F)cc4N)cc3)CC2)cc1. The number of hydrogen-bond acceptors (Lipinski definition) is 3. The van der Waals surface area contributed by atoms with Gasteiger partial charge >= 0.3 is 0 Å². The summed E-state index contributed by atoms with van der Waals surface area (Å²) in [6, 6.07) is 16.6. The van der Waals surface area contributed by atoms with E-state index in [4.69, 9.17) is 5.73 Å². The molecule has 136 valence electrons. The summed E-state index contributed by atoms with van der Waals surface area (Å²) >= 11 is 0. The molecule has 0 unspecified atom stereocenters. The summed E-state index contributed by atoms with van der Waals surface area (Å²) in [6.07, 6.45) is 2.96. The van der Waals surface area contributed by atoms with E-state index in [1.807, 2.05) is 55.5 Å². The number of aryl methyl sites for hydroxylation is 1. The molecule has 0 aliphatic heterocycles. The number of amides is 1. The second-order valence-corrected chi connectivity index (χ2v) is 7.07. The third-order valence-corrected chi connectivity index (χ3v) is 5.01. The maximum absolute atomic E-state index is 13.2. The smallest absolute Gasteiger partial charge is 0.251 e. The Morgan fingerprint density at radius 1 is 1.11 bits per heavy atom. The molecule has 4 rings (SSSR count). The molecule has 0 bridgehead atoms. The second kappa shape index (κ2) is 6.50. The summed E-state index contributed by atoms with van der Waals surface area (Å²) in [4.78, 5) is 16.7. The van der Waals surface area contributed by atoms with Gasteiger partial charge in [0.1, 0.15) is 5.82 Å². The van der Waals surface area contributed by atoms with E-state index in [-0.39, 0.29) is 11.4 Å². The van der Waals surface area contributed by atoms with Gasteiger partial charge in [0.15, 0.2) is 0 Å². The minimum Gasteiger partial charge on any atom is -0.397 e. The predicted octanol–water partition coefficient (Wildman–Crippen LogP) is 4.20. The quantitative estimate of drug-likeness (QED) is 0.732. The van der Waals surface area contributed by atoms with Crippen molar-refractivity contribution < 1.29 is 9.18 Å². The Balaban J connectivity index is 1.54. The van der Waals surface area contributed by atoms with Crippen molar-refractivity contribution >= 4 is 11.6 Å². The summed E-state index contributed by atoms with van der Waals surface area (Å²) in [5.74, 6) is -0.523. The Kier molecular flexibility index (Phi) is 4.15. The molecule has 5 heteroatoms. The lowest BCUT2D eigenvalue weighted by molar-refractivity contribution is 0.0931. The lowest BCUT2D eigenvalue weighted by atomic mass is 10.0. The van der Waals surface area contributed by atoms with Gasteiger partial charge in [-0.05, 0) is 37.5 Å². The van der Waals surface area contributed by atoms with Crippen LogP contribution in [0.1, 0.15) is 34.3 Å². The molecule has 0 atom stereocenters. The monoisotopic (exact) mass is 361 g/mol. The van der Waals surface area contributed by atoms with E-state index in [0.717, 1.165) is 35.7 Å². The van der Waals surface area contributed by atoms with Crippen LogP contribution in [0.5, 0.6) is 0 Å². The van der Waals surface area contributed by atoms with E-state index in [0.29, 0.717) is 16.9 Å². The molecule has 1 amide bonds. The molecule has 0 spiro atoms. The third kappa shape index (κ3) is 3.40. The molecule has 27 heavy (non-hydrogen) atoms. The van der Waals surface area contributed by atoms with Crippen molar-refractivity contribution in [2.75, 3.05) is 5.73 Å². The normalized spacial score (nSPS) is 14.6. The van der Waals surface area contributed by atoms with Crippen molar-refractivity contribution in [3.63, 3.8) is 0 Å². The Morgan fingerprint density at radius 2 is 1.78 bits per heavy atom. The predicted molar refractivity (Wildman–Crippen MR) is 104 cm³/mol. The van der Waals surface area contributed by atoms with Crippen LogP contribution in [0.2, 0.25) is 0 Å². The zero-order valence-electron chi connectivity index (χ0n) is 15.0. The highest BCUT2D eigenvalue weighted by Gasteiger charge is 2.45. The molecule has 4 nitrogen and oxygen atoms in total. The van der Waals surface area contributed by atoms with E-state index in [9.17, 15) is 9.18 Å². The number of hydrogen-bond donors (Lipinski definition) is 2. The molecule has 1 aromatic heterocycles. The van der Waals surface area contributed by atoms with Crippen molar-refractivity contribution in [1.29, 1.82) is 0 Å². The van der Waals surface area contributed by atoms with E-state index < -0.39 is 5.82 Å². The van der Waals surface area contributed by atoms with Crippen molar-refractivity contribution in [2.45, 2.75) is 25.3 Å². The number of pyridine rings is 1. The highest BCUT2D eigenvalue weighted by molar-refractivity contribution is 5.95. The molecule has 2 aromatic carbocycles. The fourth-order valence-electron chi connectivity index (χ4n) is 3.25. The van der Waals surface area contributed by atoms with Crippen LogP contribution in [-0.2, 0) is 5.54 Å². The Hall–Kier alpha value is -3.21. The Morgan fingerprint density at radius 3 is 2.37 bits per heavy atom. The number of carbonyl (C=O) groups excluding carboxylic acids is 1. The minimum absolute atomic E-state index is 0.0685. The highest BCUT2D eigenvalue weighted by atomic mass is 19.1. The van der Waals surface area contributed by atoms with E-state index in [1.165, 1.54) is 6.07 Å². The molecule has 1 saturated carbocycles. The summed E-state index contributed by atoms with van der Waals surface area (Å²) in [7, 11) is 0. The number of nitrogens with zero attached hydrogens (tertiary/aromatic N) is 1. The fourth-order valence-corrected chi connectivity index (χ4v) is 3.25. The molecule has 3 N–H and O–H groups in total. The summed E-state index contributed by atoms with van der Waals surface area (Å²) in [5.41, 5.74) is 10.1. The number of nitrogens with one attached hydrogen (secondary N) is 1. The van der Waals surface area contributed by atoms with Crippen LogP contribution in [0.15, 0.2) is 60.8 Å². The number of anilines is 1. The van der Waals surface area contributed by atoms with Crippen molar-refractivity contribution in [3.05, 3.63) is 83.3 Å². The highest BCUT2D eigenvalue weighted by Crippen LogP contribution is 2.46. The van der Waals surface area contributed by atoms with Gasteiger partial charge in [-0.2, -0.15) is 0 Å². The fraction of sp³-hybridized carbons (Fsp3) is 0.182. The number of nitrogen functional groups attached to an aromatic ring is 1. The number of halogens is 1. The Bertz CT molecular complexity index is 993. The number of aromatic nitrogens is 1. The van der Waals surface area contributed by atoms with E-state index in [2.05, 4.69) is 10.3 Å². The lowest BCUT2D eigenvalue weighted by Gasteiger charge is -2.19. The molecule has 1 heterocycles. The first-order valence-electron chi connectivity index (χ1n) is 8.88. The van der Waals surface area contributed by atoms with Gasteiger partial charge in [-0.3, -0.25) is 9.78 Å². The van der Waals surface area contributed by atoms with Gasteiger partial charge in [-0.15, -0.1) is 0 Å². The average Bonchev–Trinajstić information content (AvgIpc) is 3.43. The number of carbonyl (C=O) groups is 1. The second-order valence-electron chi connectivity index (χ2n) is 7.07. The number of rotatable bonds is 4. The van der Waals surface area contributed by atoms with Crippen molar-refractivity contribution in [1.82, 2.24) is 10.3 Å². The molecular formula is C22H20FN3O. The first-order chi connectivity index (χ1) is 13.0. The maximum atomic E-state index is 13.2. The van der Waals surface area contributed by atoms with Crippen LogP contribution in [0.25, 0.3) is 11.3 Å². The van der Waals surface area contributed by atoms with Gasteiger partial charge < -0.3 is 11.1 Å². The van der Waals surface area contributed by atoms with E-state index in [1.54, 1.807) is 0 Å². The minimum atomic E-state index is -0.455. The van der Waals surface area contributed by atoms with Crippen molar-refractivity contribution in [2.24, 2.45) is 0 Å². The molecular weight excluding hydrogens is 341 g/mol. The molecule has 1 aliphatic carbocycles. The molecule has 1 aliphatic rings. The standard InChI is InChI=1S/C22H20FN3O/c1-14-2-4-16(5-3-14)21(27)26-22(10-11-22)17-8-6-15(7-9-17)20-19(24)12-18(23)13-25-20/h2-9,12-13H,10-11,24H2,1H3,(H,26,27). The first-order valence-corrected chi connectivity index (χ1v) is 8.88. The topological polar surface area (TPSA) is 68.0 Å². The van der Waals surface area contributed by atoms with Crippen LogP contribution >= 0.6 is 0 Å². The zero-order valence-corrected chi connectivity index (χ0v) is 15.0. The van der Waals surface area contributed by atoms with E-state index >= 15 is 0 Å². The van der Waals surface area contributed by atoms with Crippen LogP contribution < -0.4 is 11.1 Å². The van der Waals surface area contributed by atoms with Gasteiger partial charge in [0, 0.05) is 17.2 Å². The number of benzene rings is 2. The van der Waals surface area contributed by atoms with Crippen LogP contribution in [-0.4, -0.2) is 10.9 Å². The van der Waals surface area contributed by atoms with Crippen LogP contribution in [0.4, 0.5) is 10.1 Å². The maximum Gasteiger partial charge on any atom is 0.251 e. The molecule has 1 fully saturated rings. The molecule has 0 radical (unpaired) electrons. The zero-order chi connectivity index (χ0) is 19.0. The van der Waals surface area contributed by atoms with Gasteiger partial charge in [0.05, 0.1) is 23.1 Å². The van der Waals surface area contributed by atoms with Crippen LogP contribution in [0, 0.1) is 12.7 Å². The summed E-state index contributed by atoms with van der Waals surface area (Å²) in [6.45, 7) is 1.99. The first kappa shape index (κ1) is 17.2. The molecule has 3 aromatic rings. The van der Waals surface area contributed by atoms with Gasteiger partial charge in [0.2, 0.25) is 0 Å². The lowest BCUT2D eigenvalue weighted by Crippen LogP contribution is -2.34. The van der Waals surface area contributed by atoms with Gasteiger partial charge in [-0.1, -0.05) is 42.0 Å². The van der Waals surface area contributed by atoms with Gasteiger partial charge in [-0.25, -0.2) is 4.39 Å². The Labute approximate surface area is 157 Å². The molecule has 0 saturated heterocycles. The third-order valence-electron chi connectivity index (χ3n) is 5.01. The largest absolute Gasteiger partial charge is 0.397 e. The van der Waals surface area contributed by atoms with Crippen LogP contribution in [0.3, 0.4) is 0 Å². The summed E-state index contributed by atoms with van der Waals surface area (Å²) < 4.78 is 13.2. The number of nitrogens with two attached hydrogens (primary N) is 1. The average molecular weight is 361 g/mol. The summed E-state index contributed by atoms with van der Waals surface area (Å²) in [5, 5.41) is 3.17. The van der Waals surface area contributed by atoms with Crippen molar-refractivity contribution in [3.8, 4) is 11.3 Å². The van der Waals surface area contributed by atoms with Gasteiger partial charge in [0.25, 0.3) is 5.91 Å².